The summed E-state index contributed by atoms with van der Waals surface area (Å²) >= 11 is 4.91. The average molecular weight is 515 g/mol. The highest BCUT2D eigenvalue weighted by molar-refractivity contribution is 7.80. The second kappa shape index (κ2) is 11.7. The van der Waals surface area contributed by atoms with Gasteiger partial charge in [0.1, 0.15) is 12.1 Å². The zero-order valence-corrected chi connectivity index (χ0v) is 19.7. The lowest BCUT2D eigenvalue weighted by Crippen LogP contribution is -2.41. The highest BCUT2D eigenvalue weighted by atomic mass is 32.1. The van der Waals surface area contributed by atoms with Gasteiger partial charge < -0.3 is 15.5 Å². The standard InChI is InChI=1S/C13H10F5N3O.C9H13N3S/c1-2-3-11-19-8-21(20-11)9-4-6-10(7-5-9)22-13(17,18)12(14,15)16;1-6-4-3-5-7(2)8(6)11-9(13)12-10/h2-8H,1H3;3-5H,10H2,1-2H3,(H2,11,12,13)/b3-2+;. The number of anilines is 1. The van der Waals surface area contributed by atoms with E-state index in [-0.39, 0.29) is 0 Å². The number of nitrogens with zero attached hydrogens (tertiary/aromatic N) is 3. The molecule has 0 bridgehead atoms. The molecule has 0 aliphatic carbocycles. The van der Waals surface area contributed by atoms with Gasteiger partial charge in [0.05, 0.1) is 5.69 Å². The van der Waals surface area contributed by atoms with Gasteiger partial charge in [0.25, 0.3) is 0 Å². The summed E-state index contributed by atoms with van der Waals surface area (Å²) in [4.78, 5) is 3.96. The van der Waals surface area contributed by atoms with E-state index in [1.54, 1.807) is 19.1 Å². The monoisotopic (exact) mass is 514 g/mol. The number of rotatable bonds is 5. The smallest absolute Gasteiger partial charge is 0.426 e. The number of para-hydroxylation sites is 1. The molecule has 4 N–H and O–H groups in total. The Kier molecular flexibility index (Phi) is 9.25. The van der Waals surface area contributed by atoms with Crippen molar-refractivity contribution in [3.05, 3.63) is 71.8 Å². The molecule has 7 nitrogen and oxygen atoms in total. The lowest BCUT2D eigenvalue weighted by molar-refractivity contribution is -0.360. The molecule has 0 amide bonds. The average Bonchev–Trinajstić information content (AvgIpc) is 3.25. The number of hydrogen-bond acceptors (Lipinski definition) is 5. The minimum absolute atomic E-state index is 0.428. The molecule has 0 saturated carbocycles. The molecule has 35 heavy (non-hydrogen) atoms. The number of nitrogens with one attached hydrogen (secondary N) is 2. The van der Waals surface area contributed by atoms with Gasteiger partial charge in [-0.05, 0) is 74.5 Å². The number of ether oxygens (including phenoxy) is 1. The minimum Gasteiger partial charge on any atom is -0.426 e. The summed E-state index contributed by atoms with van der Waals surface area (Å²) < 4.78 is 66.6. The Morgan fingerprint density at radius 1 is 1.06 bits per heavy atom. The Balaban J connectivity index is 0.000000283. The number of aromatic nitrogens is 3. The molecule has 2 aromatic carbocycles. The Hall–Kier alpha value is -3.58. The number of hydrogen-bond donors (Lipinski definition) is 3. The fraction of sp³-hybridized carbons (Fsp3) is 0.227. The number of hydrazine groups is 1. The number of nitrogens with two attached hydrogens (primary N) is 1. The SMILES string of the molecule is C/C=C/c1ncn(-c2ccc(OC(F)(F)C(F)(F)F)cc2)n1.Cc1cccc(C)c1NC(=S)NN. The quantitative estimate of drug-likeness (QED) is 0.184. The first-order chi connectivity index (χ1) is 16.4. The van der Waals surface area contributed by atoms with E-state index in [1.807, 2.05) is 32.0 Å². The molecule has 3 rings (SSSR count). The van der Waals surface area contributed by atoms with Crippen molar-refractivity contribution in [1.29, 1.82) is 0 Å². The molecule has 1 aromatic heterocycles. The summed E-state index contributed by atoms with van der Waals surface area (Å²) in [6, 6.07) is 10.6. The molecule has 0 aliphatic heterocycles. The molecule has 1 heterocycles. The molecule has 188 valence electrons. The van der Waals surface area contributed by atoms with Crippen LogP contribution >= 0.6 is 12.2 Å². The highest BCUT2D eigenvalue weighted by Gasteiger charge is 2.61. The van der Waals surface area contributed by atoms with Crippen LogP contribution in [0, 0.1) is 13.8 Å². The molecule has 0 aliphatic rings. The molecule has 0 spiro atoms. The summed E-state index contributed by atoms with van der Waals surface area (Å²) in [5, 5.41) is 7.52. The van der Waals surface area contributed by atoms with Crippen LogP contribution in [0.2, 0.25) is 0 Å². The number of benzene rings is 2. The molecule has 0 saturated heterocycles. The van der Waals surface area contributed by atoms with Crippen molar-refractivity contribution in [3.63, 3.8) is 0 Å². The van der Waals surface area contributed by atoms with E-state index in [4.69, 9.17) is 18.1 Å². The largest absolute Gasteiger partial charge is 0.499 e. The topological polar surface area (TPSA) is 90.0 Å². The number of aryl methyl sites for hydroxylation is 2. The van der Waals surface area contributed by atoms with Crippen molar-refractivity contribution in [2.75, 3.05) is 5.32 Å². The number of allylic oxidation sites excluding steroid dienone is 1. The molecular formula is C22H23F5N6OS. The second-order valence-electron chi connectivity index (χ2n) is 7.02. The Bertz CT molecular complexity index is 1140. The third-order valence-corrected chi connectivity index (χ3v) is 4.57. The number of alkyl halides is 5. The van der Waals surface area contributed by atoms with Crippen LogP contribution in [0.3, 0.4) is 0 Å². The predicted octanol–water partition coefficient (Wildman–Crippen LogP) is 5.30. The van der Waals surface area contributed by atoms with Crippen molar-refractivity contribution < 1.29 is 26.7 Å². The highest BCUT2D eigenvalue weighted by Crippen LogP contribution is 2.37. The number of thiocarbonyl (C=S) groups is 1. The van der Waals surface area contributed by atoms with E-state index in [0.29, 0.717) is 16.6 Å². The van der Waals surface area contributed by atoms with E-state index in [1.165, 1.54) is 23.1 Å². The first kappa shape index (κ1) is 27.7. The summed E-state index contributed by atoms with van der Waals surface area (Å²) in [6.45, 7) is 5.83. The third kappa shape index (κ3) is 7.72. The van der Waals surface area contributed by atoms with E-state index in [9.17, 15) is 22.0 Å². The summed E-state index contributed by atoms with van der Waals surface area (Å²) in [7, 11) is 0. The maximum absolute atomic E-state index is 12.7. The van der Waals surface area contributed by atoms with Gasteiger partial charge in [-0.15, -0.1) is 5.10 Å². The Morgan fingerprint density at radius 2 is 1.66 bits per heavy atom. The van der Waals surface area contributed by atoms with E-state index < -0.39 is 18.0 Å². The van der Waals surface area contributed by atoms with Crippen LogP contribution in [0.5, 0.6) is 5.75 Å². The van der Waals surface area contributed by atoms with Crippen LogP contribution in [-0.4, -0.2) is 32.2 Å². The van der Waals surface area contributed by atoms with Crippen molar-refractivity contribution in [3.8, 4) is 11.4 Å². The van der Waals surface area contributed by atoms with Gasteiger partial charge >= 0.3 is 12.3 Å². The fourth-order valence-corrected chi connectivity index (χ4v) is 2.76. The second-order valence-corrected chi connectivity index (χ2v) is 7.43. The first-order valence-electron chi connectivity index (χ1n) is 10.00. The van der Waals surface area contributed by atoms with E-state index in [0.717, 1.165) is 28.9 Å². The van der Waals surface area contributed by atoms with Crippen LogP contribution < -0.4 is 21.3 Å². The maximum atomic E-state index is 12.7. The van der Waals surface area contributed by atoms with Crippen LogP contribution in [-0.2, 0) is 0 Å². The normalized spacial score (nSPS) is 11.6. The zero-order valence-electron chi connectivity index (χ0n) is 18.9. The van der Waals surface area contributed by atoms with Gasteiger partial charge in [-0.1, -0.05) is 24.3 Å². The van der Waals surface area contributed by atoms with Gasteiger partial charge in [-0.3, -0.25) is 0 Å². The van der Waals surface area contributed by atoms with Gasteiger partial charge in [0.2, 0.25) is 0 Å². The van der Waals surface area contributed by atoms with Crippen molar-refractivity contribution in [2.24, 2.45) is 5.84 Å². The van der Waals surface area contributed by atoms with Crippen LogP contribution in [0.25, 0.3) is 11.8 Å². The first-order valence-corrected chi connectivity index (χ1v) is 10.4. The Morgan fingerprint density at radius 3 is 2.17 bits per heavy atom. The van der Waals surface area contributed by atoms with Crippen LogP contribution in [0.15, 0.2) is 54.9 Å². The molecular weight excluding hydrogens is 491 g/mol. The molecule has 0 radical (unpaired) electrons. The molecule has 0 atom stereocenters. The van der Waals surface area contributed by atoms with Crippen molar-refractivity contribution >= 4 is 29.1 Å². The van der Waals surface area contributed by atoms with Gasteiger partial charge in [-0.2, -0.15) is 22.0 Å². The molecule has 0 fully saturated rings. The Labute approximate surface area is 203 Å². The predicted molar refractivity (Wildman–Crippen MR) is 127 cm³/mol. The maximum Gasteiger partial charge on any atom is 0.499 e. The lowest BCUT2D eigenvalue weighted by atomic mass is 10.1. The number of halogens is 5. The summed E-state index contributed by atoms with van der Waals surface area (Å²) in [5.41, 5.74) is 6.14. The van der Waals surface area contributed by atoms with Crippen molar-refractivity contribution in [1.82, 2.24) is 20.2 Å². The van der Waals surface area contributed by atoms with Gasteiger partial charge in [0.15, 0.2) is 10.9 Å². The zero-order chi connectivity index (χ0) is 26.2. The van der Waals surface area contributed by atoms with Gasteiger partial charge in [0, 0.05) is 5.69 Å². The molecule has 3 aromatic rings. The van der Waals surface area contributed by atoms with E-state index >= 15 is 0 Å². The van der Waals surface area contributed by atoms with Gasteiger partial charge in [-0.25, -0.2) is 15.5 Å². The minimum atomic E-state index is -5.78. The summed E-state index contributed by atoms with van der Waals surface area (Å²) in [6.07, 6.45) is -6.26. The lowest BCUT2D eigenvalue weighted by Gasteiger charge is -2.20. The molecule has 13 heteroatoms. The van der Waals surface area contributed by atoms with Crippen molar-refractivity contribution in [2.45, 2.75) is 33.1 Å². The third-order valence-electron chi connectivity index (χ3n) is 4.35. The molecule has 0 unspecified atom stereocenters. The van der Waals surface area contributed by atoms with Crippen LogP contribution in [0.4, 0.5) is 27.6 Å². The summed E-state index contributed by atoms with van der Waals surface area (Å²) in [5.74, 6) is 4.99. The van der Waals surface area contributed by atoms with E-state index in [2.05, 4.69) is 25.6 Å². The fourth-order valence-electron chi connectivity index (χ4n) is 2.66. The van der Waals surface area contributed by atoms with Crippen LogP contribution in [0.1, 0.15) is 23.9 Å².